The van der Waals surface area contributed by atoms with Crippen LogP contribution in [0.2, 0.25) is 0 Å². The maximum absolute atomic E-state index is 12.3. The second-order valence-corrected chi connectivity index (χ2v) is 7.23. The molecule has 3 nitrogen and oxygen atoms in total. The van der Waals surface area contributed by atoms with Crippen molar-refractivity contribution in [1.29, 1.82) is 0 Å². The fourth-order valence-electron chi connectivity index (χ4n) is 3.06. The van der Waals surface area contributed by atoms with Crippen molar-refractivity contribution in [2.24, 2.45) is 0 Å². The molecule has 4 unspecified atom stereocenters. The molecular weight excluding hydrogens is 246 g/mol. The third kappa shape index (κ3) is 1.88. The number of ether oxygens (including phenoxy) is 1. The maximum Gasteiger partial charge on any atom is 0.119 e. The number of aryl methyl sites for hydroxylation is 1. The van der Waals surface area contributed by atoms with Gasteiger partial charge in [0.05, 0.1) is 12.4 Å². The Bertz CT molecular complexity index is 489. The van der Waals surface area contributed by atoms with Gasteiger partial charge in [-0.05, 0) is 43.0 Å². The van der Waals surface area contributed by atoms with Crippen LogP contribution in [0.15, 0.2) is 18.2 Å². The van der Waals surface area contributed by atoms with E-state index in [0.717, 1.165) is 25.1 Å². The van der Waals surface area contributed by atoms with Gasteiger partial charge in [0, 0.05) is 28.6 Å². The molecule has 4 heteroatoms. The van der Waals surface area contributed by atoms with Crippen LogP contribution in [-0.2, 0) is 17.2 Å². The van der Waals surface area contributed by atoms with E-state index in [0.29, 0.717) is 0 Å². The first kappa shape index (κ1) is 12.2. The number of hydrogen-bond donors (Lipinski definition) is 1. The van der Waals surface area contributed by atoms with Crippen molar-refractivity contribution in [2.45, 2.75) is 36.3 Å². The molecule has 1 N–H and O–H groups in total. The molecule has 0 radical (unpaired) electrons. The van der Waals surface area contributed by atoms with Crippen LogP contribution in [0.5, 0.6) is 5.75 Å². The van der Waals surface area contributed by atoms with Crippen LogP contribution in [0, 0.1) is 0 Å². The Hall–Kier alpha value is -0.870. The summed E-state index contributed by atoms with van der Waals surface area (Å²) in [6.07, 6.45) is 2.02. The smallest absolute Gasteiger partial charge is 0.119 e. The zero-order valence-corrected chi connectivity index (χ0v) is 11.6. The Morgan fingerprint density at radius 2 is 2.28 bits per heavy atom. The summed E-state index contributed by atoms with van der Waals surface area (Å²) in [5.41, 5.74) is 2.65. The van der Waals surface area contributed by atoms with Gasteiger partial charge in [-0.25, -0.2) is 0 Å². The molecule has 0 aromatic heterocycles. The summed E-state index contributed by atoms with van der Waals surface area (Å²) in [6.45, 7) is 2.92. The first-order valence-corrected chi connectivity index (χ1v) is 7.78. The third-order valence-electron chi connectivity index (χ3n) is 4.08. The highest BCUT2D eigenvalue weighted by Crippen LogP contribution is 2.37. The van der Waals surface area contributed by atoms with Crippen molar-refractivity contribution in [1.82, 2.24) is 5.32 Å². The van der Waals surface area contributed by atoms with E-state index in [9.17, 15) is 4.21 Å². The van der Waals surface area contributed by atoms with E-state index < -0.39 is 10.8 Å². The summed E-state index contributed by atoms with van der Waals surface area (Å²) in [4.78, 5) is 0. The van der Waals surface area contributed by atoms with Crippen molar-refractivity contribution in [3.63, 3.8) is 0 Å². The summed E-state index contributed by atoms with van der Waals surface area (Å²) in [5, 5.41) is 4.10. The van der Waals surface area contributed by atoms with Gasteiger partial charge in [-0.1, -0.05) is 6.07 Å². The van der Waals surface area contributed by atoms with Crippen LogP contribution in [0.4, 0.5) is 0 Å². The van der Waals surface area contributed by atoms with Gasteiger partial charge in [-0.2, -0.15) is 0 Å². The molecule has 1 aromatic carbocycles. The van der Waals surface area contributed by atoms with Gasteiger partial charge in [-0.15, -0.1) is 0 Å². The summed E-state index contributed by atoms with van der Waals surface area (Å²) in [5.74, 6) is 0.914. The molecule has 1 aliphatic heterocycles. The predicted octanol–water partition coefficient (Wildman–Crippen LogP) is 1.79. The van der Waals surface area contributed by atoms with Crippen LogP contribution in [0.1, 0.15) is 30.5 Å². The number of hydrogen-bond acceptors (Lipinski definition) is 3. The second-order valence-electron chi connectivity index (χ2n) is 5.17. The van der Waals surface area contributed by atoms with Gasteiger partial charge in [0.15, 0.2) is 0 Å². The van der Waals surface area contributed by atoms with Gasteiger partial charge in [0.1, 0.15) is 5.75 Å². The molecule has 3 rings (SSSR count). The van der Waals surface area contributed by atoms with E-state index in [1.165, 1.54) is 11.1 Å². The van der Waals surface area contributed by atoms with Gasteiger partial charge in [0.2, 0.25) is 0 Å². The summed E-state index contributed by atoms with van der Waals surface area (Å²) in [7, 11) is 0.988. The molecular formula is C14H19NO2S. The van der Waals surface area contributed by atoms with Crippen LogP contribution in [-0.4, -0.2) is 28.4 Å². The highest BCUT2D eigenvalue weighted by Gasteiger charge is 2.38. The molecule has 1 aromatic rings. The molecule has 18 heavy (non-hydrogen) atoms. The van der Waals surface area contributed by atoms with E-state index >= 15 is 0 Å². The largest absolute Gasteiger partial charge is 0.497 e. The molecule has 1 aliphatic carbocycles. The summed E-state index contributed by atoms with van der Waals surface area (Å²) < 4.78 is 17.6. The lowest BCUT2D eigenvalue weighted by molar-refractivity contribution is 0.409. The number of nitrogens with one attached hydrogen (secondary N) is 1. The van der Waals surface area contributed by atoms with Crippen molar-refractivity contribution in [3.05, 3.63) is 29.3 Å². The molecule has 0 amide bonds. The van der Waals surface area contributed by atoms with Gasteiger partial charge >= 0.3 is 0 Å². The Balaban J connectivity index is 1.96. The maximum atomic E-state index is 12.3. The molecule has 4 atom stereocenters. The Labute approximate surface area is 110 Å². The topological polar surface area (TPSA) is 38.3 Å². The van der Waals surface area contributed by atoms with Crippen LogP contribution in [0.3, 0.4) is 0 Å². The van der Waals surface area contributed by atoms with Gasteiger partial charge < -0.3 is 10.1 Å². The first-order chi connectivity index (χ1) is 8.70. The Morgan fingerprint density at radius 1 is 1.44 bits per heavy atom. The lowest BCUT2D eigenvalue weighted by Crippen LogP contribution is -2.49. The fraction of sp³-hybridized carbons (Fsp3) is 0.571. The van der Waals surface area contributed by atoms with Crippen LogP contribution < -0.4 is 10.1 Å². The monoisotopic (exact) mass is 265 g/mol. The normalized spacial score (nSPS) is 34.6. The highest BCUT2D eigenvalue weighted by atomic mass is 32.2. The third-order valence-corrected chi connectivity index (χ3v) is 6.14. The number of methoxy groups -OCH3 is 1. The minimum absolute atomic E-state index is 0.261. The minimum Gasteiger partial charge on any atom is -0.497 e. The van der Waals surface area contributed by atoms with Gasteiger partial charge in [-0.3, -0.25) is 4.21 Å². The van der Waals surface area contributed by atoms with E-state index in [1.54, 1.807) is 7.11 Å². The van der Waals surface area contributed by atoms with Crippen molar-refractivity contribution < 1.29 is 8.95 Å². The molecule has 0 bridgehead atoms. The second kappa shape index (κ2) is 4.67. The van der Waals surface area contributed by atoms with Crippen molar-refractivity contribution >= 4 is 10.8 Å². The average Bonchev–Trinajstić information content (AvgIpc) is 2.41. The molecule has 0 saturated carbocycles. The zero-order valence-electron chi connectivity index (χ0n) is 10.8. The van der Waals surface area contributed by atoms with E-state index in [1.807, 2.05) is 6.07 Å². The first-order valence-electron chi connectivity index (χ1n) is 6.50. The lowest BCUT2D eigenvalue weighted by atomic mass is 9.87. The molecule has 0 spiro atoms. The van der Waals surface area contributed by atoms with Crippen LogP contribution in [0.25, 0.3) is 0 Å². The summed E-state index contributed by atoms with van der Waals surface area (Å²) >= 11 is 0. The Kier molecular flexibility index (Phi) is 3.16. The SMILES string of the molecule is COc1ccc2c(c1)CCC1C2NCC(C)S1=O. The quantitative estimate of drug-likeness (QED) is 0.841. The number of benzene rings is 1. The van der Waals surface area contributed by atoms with E-state index in [4.69, 9.17) is 4.74 Å². The Morgan fingerprint density at radius 3 is 3.06 bits per heavy atom. The van der Waals surface area contributed by atoms with E-state index in [2.05, 4.69) is 24.4 Å². The highest BCUT2D eigenvalue weighted by molar-refractivity contribution is 7.86. The van der Waals surface area contributed by atoms with Crippen LogP contribution >= 0.6 is 0 Å². The van der Waals surface area contributed by atoms with Gasteiger partial charge in [0.25, 0.3) is 0 Å². The molecule has 1 fully saturated rings. The fourth-order valence-corrected chi connectivity index (χ4v) is 4.78. The van der Waals surface area contributed by atoms with Crippen molar-refractivity contribution in [2.75, 3.05) is 13.7 Å². The average molecular weight is 265 g/mol. The predicted molar refractivity (Wildman–Crippen MR) is 73.5 cm³/mol. The molecule has 1 saturated heterocycles. The molecule has 1 heterocycles. The van der Waals surface area contributed by atoms with E-state index in [-0.39, 0.29) is 16.5 Å². The minimum atomic E-state index is -0.710. The lowest BCUT2D eigenvalue weighted by Gasteiger charge is -2.39. The van der Waals surface area contributed by atoms with Crippen molar-refractivity contribution in [3.8, 4) is 5.75 Å². The zero-order chi connectivity index (χ0) is 12.7. The molecule has 2 aliphatic rings. The number of rotatable bonds is 1. The molecule has 98 valence electrons. The summed E-state index contributed by atoms with van der Waals surface area (Å²) in [6, 6.07) is 6.51. The number of fused-ring (bicyclic) bond motifs is 3. The standard InChI is InChI=1S/C14H19NO2S/c1-9-8-15-14-12-5-4-11(17-2)7-10(12)3-6-13(14)18(9)16/h4-5,7,9,13-15H,3,6,8H2,1-2H3.